The number of carbonyl (C=O) groups is 1. The Bertz CT molecular complexity index is 702. The molecule has 3 unspecified atom stereocenters. The van der Waals surface area contributed by atoms with Crippen LogP contribution in [-0.2, 0) is 4.79 Å². The minimum absolute atomic E-state index is 0.186. The molecule has 0 bridgehead atoms. The van der Waals surface area contributed by atoms with Crippen LogP contribution in [0.25, 0.3) is 0 Å². The second-order valence-electron chi connectivity index (χ2n) is 10.7. The summed E-state index contributed by atoms with van der Waals surface area (Å²) in [6.45, 7) is 15.9. The summed E-state index contributed by atoms with van der Waals surface area (Å²) in [7, 11) is 0. The number of carbonyl (C=O) groups excluding carboxylic acids is 1. The number of aldehydes is 1. The summed E-state index contributed by atoms with van der Waals surface area (Å²) in [4.78, 5) is 11.5. The largest absolute Gasteiger partial charge is 0.396 e. The van der Waals surface area contributed by atoms with E-state index in [1.165, 1.54) is 22.3 Å². The number of allylic oxidation sites excluding steroid dienone is 8. The van der Waals surface area contributed by atoms with Crippen molar-refractivity contribution in [1.82, 2.24) is 0 Å². The van der Waals surface area contributed by atoms with Crippen LogP contribution in [0.3, 0.4) is 0 Å². The Hall–Kier alpha value is -1.41. The molecule has 1 fully saturated rings. The Balaban J connectivity index is 2.73. The normalized spacial score (nSPS) is 26.1. The summed E-state index contributed by atoms with van der Waals surface area (Å²) < 4.78 is 0. The molecule has 0 aromatic heterocycles. The molecule has 0 aromatic carbocycles. The van der Waals surface area contributed by atoms with Crippen molar-refractivity contribution < 1.29 is 9.90 Å². The number of rotatable bonds is 13. The van der Waals surface area contributed by atoms with Crippen molar-refractivity contribution >= 4 is 6.29 Å². The molecule has 0 saturated heterocycles. The van der Waals surface area contributed by atoms with Crippen LogP contribution in [0.15, 0.2) is 46.1 Å². The highest BCUT2D eigenvalue weighted by Crippen LogP contribution is 2.53. The van der Waals surface area contributed by atoms with Gasteiger partial charge < -0.3 is 5.11 Å². The minimum Gasteiger partial charge on any atom is -0.396 e. The maximum Gasteiger partial charge on any atom is 0.145 e. The van der Waals surface area contributed by atoms with Gasteiger partial charge in [0.1, 0.15) is 6.29 Å². The van der Waals surface area contributed by atoms with Crippen LogP contribution in [0.1, 0.15) is 113 Å². The molecule has 0 heterocycles. The Morgan fingerprint density at radius 1 is 1.00 bits per heavy atom. The van der Waals surface area contributed by atoms with Crippen LogP contribution in [0.5, 0.6) is 0 Å². The third kappa shape index (κ3) is 9.22. The van der Waals surface area contributed by atoms with Crippen LogP contribution >= 0.6 is 0 Å². The van der Waals surface area contributed by atoms with Crippen LogP contribution in [0, 0.1) is 17.3 Å². The van der Waals surface area contributed by atoms with E-state index in [0.717, 1.165) is 76.1 Å². The van der Waals surface area contributed by atoms with Crippen molar-refractivity contribution in [2.24, 2.45) is 17.3 Å². The fraction of sp³-hybridized carbons (Fsp3) is 0.700. The topological polar surface area (TPSA) is 37.3 Å². The lowest BCUT2D eigenvalue weighted by atomic mass is 9.56. The molecule has 3 atom stereocenters. The predicted molar refractivity (Wildman–Crippen MR) is 140 cm³/mol. The Morgan fingerprint density at radius 2 is 1.59 bits per heavy atom. The van der Waals surface area contributed by atoms with Gasteiger partial charge in [-0.25, -0.2) is 0 Å². The van der Waals surface area contributed by atoms with Crippen LogP contribution < -0.4 is 0 Å². The molecular weight excluding hydrogens is 392 g/mol. The average molecular weight is 443 g/mol. The van der Waals surface area contributed by atoms with Gasteiger partial charge in [-0.2, -0.15) is 0 Å². The lowest BCUT2D eigenvalue weighted by Crippen LogP contribution is -2.39. The monoisotopic (exact) mass is 442 g/mol. The van der Waals surface area contributed by atoms with Gasteiger partial charge in [-0.1, -0.05) is 54.4 Å². The second kappa shape index (κ2) is 14.7. The van der Waals surface area contributed by atoms with Crippen molar-refractivity contribution in [3.8, 4) is 0 Å². The standard InChI is InChI=1S/C30H50O2/c1-23(2)12-8-13-24(3)14-9-15-25(4)16-10-20-30(7)27(6)18-19-28(26(5)22-32)29(30)17-11-21-31/h12,14,16,22,27,29,31H,8-11,13,15,17-21H2,1-7H3. The van der Waals surface area contributed by atoms with Crippen LogP contribution in [0.4, 0.5) is 0 Å². The fourth-order valence-corrected chi connectivity index (χ4v) is 5.35. The molecule has 1 aliphatic carbocycles. The molecule has 0 amide bonds. The Morgan fingerprint density at radius 3 is 2.16 bits per heavy atom. The lowest BCUT2D eigenvalue weighted by Gasteiger charge is -2.48. The summed E-state index contributed by atoms with van der Waals surface area (Å²) in [6.07, 6.45) is 19.0. The van der Waals surface area contributed by atoms with E-state index in [-0.39, 0.29) is 12.0 Å². The Kier molecular flexibility index (Phi) is 13.1. The summed E-state index contributed by atoms with van der Waals surface area (Å²) in [5.41, 5.74) is 6.84. The molecule has 182 valence electrons. The molecular formula is C30H50O2. The van der Waals surface area contributed by atoms with Crippen molar-refractivity contribution in [2.45, 2.75) is 113 Å². The van der Waals surface area contributed by atoms with Crippen molar-refractivity contribution in [2.75, 3.05) is 6.61 Å². The van der Waals surface area contributed by atoms with Gasteiger partial charge >= 0.3 is 0 Å². The summed E-state index contributed by atoms with van der Waals surface area (Å²) in [6, 6.07) is 0. The van der Waals surface area contributed by atoms with E-state index in [2.05, 4.69) is 59.8 Å². The van der Waals surface area contributed by atoms with Crippen LogP contribution in [-0.4, -0.2) is 18.0 Å². The van der Waals surface area contributed by atoms with Crippen molar-refractivity contribution in [3.05, 3.63) is 46.1 Å². The average Bonchev–Trinajstić information content (AvgIpc) is 2.74. The molecule has 2 heteroatoms. The van der Waals surface area contributed by atoms with Gasteiger partial charge in [0, 0.05) is 6.61 Å². The first-order valence-corrected chi connectivity index (χ1v) is 12.9. The molecule has 1 aliphatic rings. The van der Waals surface area contributed by atoms with Gasteiger partial charge in [-0.15, -0.1) is 0 Å². The van der Waals surface area contributed by atoms with Crippen molar-refractivity contribution in [1.29, 1.82) is 0 Å². The molecule has 32 heavy (non-hydrogen) atoms. The van der Waals surface area contributed by atoms with E-state index in [1.54, 1.807) is 0 Å². The number of hydrogen-bond acceptors (Lipinski definition) is 2. The van der Waals surface area contributed by atoms with Gasteiger partial charge in [-0.05, 0) is 122 Å². The van der Waals surface area contributed by atoms with Gasteiger partial charge in [-0.3, -0.25) is 4.79 Å². The number of aliphatic hydroxyl groups is 1. The fourth-order valence-electron chi connectivity index (χ4n) is 5.35. The number of hydrogen-bond donors (Lipinski definition) is 1. The molecule has 0 aromatic rings. The predicted octanol–water partition coefficient (Wildman–Crippen LogP) is 8.53. The van der Waals surface area contributed by atoms with E-state index in [4.69, 9.17) is 0 Å². The molecule has 2 nitrogen and oxygen atoms in total. The minimum atomic E-state index is 0.186. The zero-order valence-electron chi connectivity index (χ0n) is 22.1. The molecule has 0 radical (unpaired) electrons. The van der Waals surface area contributed by atoms with E-state index in [0.29, 0.717) is 11.8 Å². The highest BCUT2D eigenvalue weighted by Gasteiger charge is 2.43. The van der Waals surface area contributed by atoms with Gasteiger partial charge in [0.2, 0.25) is 0 Å². The van der Waals surface area contributed by atoms with Gasteiger partial charge in [0.05, 0.1) is 0 Å². The summed E-state index contributed by atoms with van der Waals surface area (Å²) >= 11 is 0. The third-order valence-electron chi connectivity index (χ3n) is 7.82. The smallest absolute Gasteiger partial charge is 0.145 e. The van der Waals surface area contributed by atoms with Gasteiger partial charge in [0.25, 0.3) is 0 Å². The summed E-state index contributed by atoms with van der Waals surface area (Å²) in [5.74, 6) is 1.04. The second-order valence-corrected chi connectivity index (χ2v) is 10.7. The Labute approximate surface area is 199 Å². The van der Waals surface area contributed by atoms with E-state index < -0.39 is 0 Å². The highest BCUT2D eigenvalue weighted by atomic mass is 16.2. The first kappa shape index (κ1) is 28.6. The maximum absolute atomic E-state index is 11.5. The van der Waals surface area contributed by atoms with Crippen LogP contribution in [0.2, 0.25) is 0 Å². The van der Waals surface area contributed by atoms with E-state index in [9.17, 15) is 9.90 Å². The first-order chi connectivity index (χ1) is 15.2. The third-order valence-corrected chi connectivity index (χ3v) is 7.82. The molecule has 1 rings (SSSR count). The molecule has 1 N–H and O–H groups in total. The quantitative estimate of drug-likeness (QED) is 0.176. The highest BCUT2D eigenvalue weighted by molar-refractivity contribution is 5.73. The maximum atomic E-state index is 11.5. The zero-order valence-corrected chi connectivity index (χ0v) is 22.1. The zero-order chi connectivity index (χ0) is 24.1. The molecule has 0 spiro atoms. The molecule has 0 aliphatic heterocycles. The first-order valence-electron chi connectivity index (χ1n) is 12.9. The number of aliphatic hydroxyl groups excluding tert-OH is 1. The lowest BCUT2D eigenvalue weighted by molar-refractivity contribution is -0.105. The van der Waals surface area contributed by atoms with E-state index >= 15 is 0 Å². The molecule has 1 saturated carbocycles. The van der Waals surface area contributed by atoms with Crippen molar-refractivity contribution in [3.63, 3.8) is 0 Å². The van der Waals surface area contributed by atoms with E-state index in [1.807, 2.05) is 6.92 Å². The summed E-state index contributed by atoms with van der Waals surface area (Å²) in [5, 5.41) is 9.45. The SMILES string of the molecule is CC(C)=CCCC(C)=CCCC(C)=CCCC1(C)C(C)CCC(=C(C)C=O)C1CCCO. The van der Waals surface area contributed by atoms with Gasteiger partial charge in [0.15, 0.2) is 0 Å².